The zero-order valence-electron chi connectivity index (χ0n) is 11.0. The van der Waals surface area contributed by atoms with Gasteiger partial charge in [0.25, 0.3) is 0 Å². The normalized spacial score (nSPS) is 19.0. The highest BCUT2D eigenvalue weighted by molar-refractivity contribution is 5.78. The molecular formula is C15H16N2O3. The summed E-state index contributed by atoms with van der Waals surface area (Å²) in [6.45, 7) is 0.695. The summed E-state index contributed by atoms with van der Waals surface area (Å²) < 4.78 is 5.35. The van der Waals surface area contributed by atoms with E-state index >= 15 is 0 Å². The van der Waals surface area contributed by atoms with Gasteiger partial charge in [-0.1, -0.05) is 35.5 Å². The molecule has 1 saturated heterocycles. The molecule has 104 valence electrons. The Morgan fingerprint density at radius 1 is 1.30 bits per heavy atom. The molecule has 2 aromatic rings. The first-order valence-electron chi connectivity index (χ1n) is 6.77. The van der Waals surface area contributed by atoms with Crippen molar-refractivity contribution < 1.29 is 14.4 Å². The van der Waals surface area contributed by atoms with Gasteiger partial charge in [0, 0.05) is 18.2 Å². The monoisotopic (exact) mass is 272 g/mol. The van der Waals surface area contributed by atoms with Crippen molar-refractivity contribution in [1.82, 2.24) is 5.16 Å². The Morgan fingerprint density at radius 3 is 2.85 bits per heavy atom. The molecule has 1 atom stereocenters. The number of piperidine rings is 1. The second-order valence-corrected chi connectivity index (χ2v) is 4.96. The van der Waals surface area contributed by atoms with Gasteiger partial charge >= 0.3 is 5.97 Å². The lowest BCUT2D eigenvalue weighted by atomic mass is 10.0. The van der Waals surface area contributed by atoms with Crippen LogP contribution in [-0.4, -0.2) is 28.8 Å². The average Bonchev–Trinajstić information content (AvgIpc) is 2.98. The first-order valence-corrected chi connectivity index (χ1v) is 6.77. The van der Waals surface area contributed by atoms with Gasteiger partial charge in [0.2, 0.25) is 5.88 Å². The topological polar surface area (TPSA) is 66.6 Å². The van der Waals surface area contributed by atoms with Crippen molar-refractivity contribution in [2.45, 2.75) is 25.3 Å². The van der Waals surface area contributed by atoms with Crippen LogP contribution < -0.4 is 4.90 Å². The number of benzene rings is 1. The van der Waals surface area contributed by atoms with Gasteiger partial charge in [0.05, 0.1) is 0 Å². The quantitative estimate of drug-likeness (QED) is 0.930. The number of hydrogen-bond acceptors (Lipinski definition) is 4. The average molecular weight is 272 g/mol. The van der Waals surface area contributed by atoms with Gasteiger partial charge in [-0.3, -0.25) is 0 Å². The summed E-state index contributed by atoms with van der Waals surface area (Å²) >= 11 is 0. The van der Waals surface area contributed by atoms with Crippen molar-refractivity contribution in [3.05, 3.63) is 36.4 Å². The van der Waals surface area contributed by atoms with Crippen LogP contribution in [0.25, 0.3) is 11.3 Å². The SMILES string of the molecule is O=C(O)C1CCCCN1c1cc(-c2ccccc2)no1. The summed E-state index contributed by atoms with van der Waals surface area (Å²) in [4.78, 5) is 13.1. The summed E-state index contributed by atoms with van der Waals surface area (Å²) in [6.07, 6.45) is 2.56. The number of nitrogens with zero attached hydrogens (tertiary/aromatic N) is 2. The molecule has 1 aliphatic heterocycles. The molecule has 5 heteroatoms. The smallest absolute Gasteiger partial charge is 0.326 e. The van der Waals surface area contributed by atoms with Gasteiger partial charge in [-0.05, 0) is 19.3 Å². The van der Waals surface area contributed by atoms with Crippen LogP contribution >= 0.6 is 0 Å². The number of carboxylic acids is 1. The molecule has 20 heavy (non-hydrogen) atoms. The van der Waals surface area contributed by atoms with E-state index in [9.17, 15) is 9.90 Å². The highest BCUT2D eigenvalue weighted by Crippen LogP contribution is 2.29. The minimum atomic E-state index is -0.803. The zero-order chi connectivity index (χ0) is 13.9. The Kier molecular flexibility index (Phi) is 3.41. The van der Waals surface area contributed by atoms with E-state index in [2.05, 4.69) is 5.16 Å². The highest BCUT2D eigenvalue weighted by atomic mass is 16.5. The van der Waals surface area contributed by atoms with Crippen molar-refractivity contribution in [1.29, 1.82) is 0 Å². The number of carboxylic acid groups (broad SMARTS) is 1. The van der Waals surface area contributed by atoms with Gasteiger partial charge in [0.1, 0.15) is 11.7 Å². The fourth-order valence-corrected chi connectivity index (χ4v) is 2.60. The van der Waals surface area contributed by atoms with E-state index in [1.807, 2.05) is 36.4 Å². The molecule has 1 aromatic heterocycles. The Morgan fingerprint density at radius 2 is 2.10 bits per heavy atom. The Labute approximate surface area is 116 Å². The Balaban J connectivity index is 1.87. The van der Waals surface area contributed by atoms with E-state index in [4.69, 9.17) is 4.52 Å². The number of anilines is 1. The van der Waals surface area contributed by atoms with E-state index in [1.54, 1.807) is 4.90 Å². The van der Waals surface area contributed by atoms with E-state index < -0.39 is 12.0 Å². The molecule has 3 rings (SSSR count). The molecule has 1 N–H and O–H groups in total. The predicted molar refractivity (Wildman–Crippen MR) is 74.6 cm³/mol. The maximum Gasteiger partial charge on any atom is 0.326 e. The molecule has 0 spiro atoms. The minimum Gasteiger partial charge on any atom is -0.480 e. The van der Waals surface area contributed by atoms with Crippen LogP contribution in [-0.2, 0) is 4.79 Å². The lowest BCUT2D eigenvalue weighted by molar-refractivity contribution is -0.139. The predicted octanol–water partition coefficient (Wildman–Crippen LogP) is 2.79. The van der Waals surface area contributed by atoms with Gasteiger partial charge < -0.3 is 14.5 Å². The van der Waals surface area contributed by atoms with E-state index in [0.29, 0.717) is 18.8 Å². The second-order valence-electron chi connectivity index (χ2n) is 4.96. The Bertz CT molecular complexity index is 594. The largest absolute Gasteiger partial charge is 0.480 e. The van der Waals surface area contributed by atoms with Crippen LogP contribution in [0, 0.1) is 0 Å². The van der Waals surface area contributed by atoms with Crippen molar-refractivity contribution in [2.75, 3.05) is 11.4 Å². The van der Waals surface area contributed by atoms with Crippen LogP contribution in [0.2, 0.25) is 0 Å². The molecule has 0 aliphatic carbocycles. The molecule has 1 unspecified atom stereocenters. The summed E-state index contributed by atoms with van der Waals surface area (Å²) in [5.41, 5.74) is 1.70. The summed E-state index contributed by atoms with van der Waals surface area (Å²) in [6, 6.07) is 11.0. The number of aromatic nitrogens is 1. The van der Waals surface area contributed by atoms with Crippen LogP contribution in [0.15, 0.2) is 40.9 Å². The van der Waals surface area contributed by atoms with Crippen LogP contribution in [0.1, 0.15) is 19.3 Å². The summed E-state index contributed by atoms with van der Waals surface area (Å²) in [7, 11) is 0. The minimum absolute atomic E-state index is 0.514. The fraction of sp³-hybridized carbons (Fsp3) is 0.333. The Hall–Kier alpha value is -2.30. The maximum atomic E-state index is 11.3. The maximum absolute atomic E-state index is 11.3. The van der Waals surface area contributed by atoms with Crippen molar-refractivity contribution >= 4 is 11.9 Å². The van der Waals surface area contributed by atoms with Crippen LogP contribution in [0.3, 0.4) is 0 Å². The molecule has 1 fully saturated rings. The molecule has 0 amide bonds. The summed E-state index contributed by atoms with van der Waals surface area (Å²) in [5.74, 6) is -0.265. The zero-order valence-corrected chi connectivity index (χ0v) is 11.0. The molecule has 2 heterocycles. The molecule has 5 nitrogen and oxygen atoms in total. The van der Waals surface area contributed by atoms with Crippen molar-refractivity contribution in [2.24, 2.45) is 0 Å². The van der Waals surface area contributed by atoms with Crippen molar-refractivity contribution in [3.8, 4) is 11.3 Å². The molecule has 0 saturated carbocycles. The summed E-state index contributed by atoms with van der Waals surface area (Å²) in [5, 5.41) is 13.3. The molecule has 0 bridgehead atoms. The van der Waals surface area contributed by atoms with E-state index in [-0.39, 0.29) is 0 Å². The van der Waals surface area contributed by atoms with Gasteiger partial charge in [-0.25, -0.2) is 4.79 Å². The highest BCUT2D eigenvalue weighted by Gasteiger charge is 2.30. The fourth-order valence-electron chi connectivity index (χ4n) is 2.60. The number of hydrogen-bond donors (Lipinski definition) is 1. The lowest BCUT2D eigenvalue weighted by Crippen LogP contribution is -2.44. The standard InChI is InChI=1S/C15H16N2O3/c18-15(19)13-8-4-5-9-17(13)14-10-12(16-20-14)11-6-2-1-3-7-11/h1-3,6-7,10,13H,4-5,8-9H2,(H,18,19). The molecule has 0 radical (unpaired) electrons. The van der Waals surface area contributed by atoms with E-state index in [0.717, 1.165) is 24.1 Å². The van der Waals surface area contributed by atoms with Gasteiger partial charge in [-0.15, -0.1) is 0 Å². The number of aliphatic carboxylic acids is 1. The first kappa shape index (κ1) is 12.7. The van der Waals surface area contributed by atoms with Gasteiger partial charge in [0.15, 0.2) is 0 Å². The van der Waals surface area contributed by atoms with Crippen LogP contribution in [0.4, 0.5) is 5.88 Å². The second kappa shape index (κ2) is 5.36. The molecule has 1 aromatic carbocycles. The van der Waals surface area contributed by atoms with Crippen molar-refractivity contribution in [3.63, 3.8) is 0 Å². The molecular weight excluding hydrogens is 256 g/mol. The van der Waals surface area contributed by atoms with Gasteiger partial charge in [-0.2, -0.15) is 0 Å². The molecule has 1 aliphatic rings. The third kappa shape index (κ3) is 2.39. The first-order chi connectivity index (χ1) is 9.75. The third-order valence-electron chi connectivity index (χ3n) is 3.64. The van der Waals surface area contributed by atoms with E-state index in [1.165, 1.54) is 0 Å². The number of carbonyl (C=O) groups is 1. The van der Waals surface area contributed by atoms with Crippen LogP contribution in [0.5, 0.6) is 0 Å². The lowest BCUT2D eigenvalue weighted by Gasteiger charge is -2.31. The third-order valence-corrected chi connectivity index (χ3v) is 3.64. The number of rotatable bonds is 3.